The van der Waals surface area contributed by atoms with Crippen LogP contribution in [-0.4, -0.2) is 0 Å². The fourth-order valence-corrected chi connectivity index (χ4v) is 1.59. The maximum absolute atomic E-state index is 12.5. The first kappa shape index (κ1) is 13.8. The zero-order chi connectivity index (χ0) is 12.9. The molecule has 1 rings (SSSR count). The normalized spacial score (nSPS) is 13.4. The molecular formula is C13H16F3N. The maximum atomic E-state index is 12.5. The largest absolute Gasteiger partial charge is 0.416 e. The van der Waals surface area contributed by atoms with E-state index in [2.05, 4.69) is 6.58 Å². The minimum absolute atomic E-state index is 0.350. The van der Waals surface area contributed by atoms with Crippen molar-refractivity contribution >= 4 is 0 Å². The molecule has 4 heteroatoms. The van der Waals surface area contributed by atoms with Crippen LogP contribution in [0, 0.1) is 0 Å². The van der Waals surface area contributed by atoms with E-state index in [1.54, 1.807) is 12.1 Å². The molecule has 94 valence electrons. The lowest BCUT2D eigenvalue weighted by Crippen LogP contribution is -2.12. The number of halogens is 3. The summed E-state index contributed by atoms with van der Waals surface area (Å²) >= 11 is 0. The molecule has 0 aliphatic heterocycles. The lowest BCUT2D eigenvalue weighted by molar-refractivity contribution is -0.137. The number of unbranched alkanes of at least 4 members (excludes halogenated alkanes) is 1. The van der Waals surface area contributed by atoms with Crippen molar-refractivity contribution in [2.75, 3.05) is 0 Å². The lowest BCUT2D eigenvalue weighted by atomic mass is 10.00. The Labute approximate surface area is 99.1 Å². The van der Waals surface area contributed by atoms with Gasteiger partial charge in [-0.25, -0.2) is 0 Å². The number of rotatable bonds is 5. The number of benzene rings is 1. The van der Waals surface area contributed by atoms with E-state index in [9.17, 15) is 13.2 Å². The fourth-order valence-electron chi connectivity index (χ4n) is 1.59. The van der Waals surface area contributed by atoms with Gasteiger partial charge in [0.2, 0.25) is 0 Å². The van der Waals surface area contributed by atoms with Gasteiger partial charge in [-0.2, -0.15) is 13.2 Å². The Morgan fingerprint density at radius 2 is 2.06 bits per heavy atom. The summed E-state index contributed by atoms with van der Waals surface area (Å²) in [6.45, 7) is 3.59. The van der Waals surface area contributed by atoms with Gasteiger partial charge in [-0.1, -0.05) is 18.2 Å². The summed E-state index contributed by atoms with van der Waals surface area (Å²) in [5.74, 6) is 0. The number of allylic oxidation sites excluding steroid dienone is 1. The molecule has 0 aliphatic carbocycles. The SMILES string of the molecule is C=CCCC[C@H](N)c1cccc(C(F)(F)F)c1. The highest BCUT2D eigenvalue weighted by molar-refractivity contribution is 5.27. The summed E-state index contributed by atoms with van der Waals surface area (Å²) in [6, 6.07) is 4.86. The third kappa shape index (κ3) is 4.23. The van der Waals surface area contributed by atoms with Gasteiger partial charge < -0.3 is 5.73 Å². The van der Waals surface area contributed by atoms with E-state index in [0.29, 0.717) is 12.0 Å². The first-order chi connectivity index (χ1) is 7.95. The predicted molar refractivity (Wildman–Crippen MR) is 62.4 cm³/mol. The van der Waals surface area contributed by atoms with Crippen molar-refractivity contribution in [3.8, 4) is 0 Å². The average molecular weight is 243 g/mol. The molecule has 17 heavy (non-hydrogen) atoms. The minimum Gasteiger partial charge on any atom is -0.324 e. The number of hydrogen-bond donors (Lipinski definition) is 1. The quantitative estimate of drug-likeness (QED) is 0.612. The van der Waals surface area contributed by atoms with Gasteiger partial charge in [-0.15, -0.1) is 6.58 Å². The highest BCUT2D eigenvalue weighted by atomic mass is 19.4. The Kier molecular flexibility index (Phi) is 4.75. The van der Waals surface area contributed by atoms with Crippen molar-refractivity contribution in [3.05, 3.63) is 48.0 Å². The molecule has 1 atom stereocenters. The van der Waals surface area contributed by atoms with Gasteiger partial charge in [0.25, 0.3) is 0 Å². The topological polar surface area (TPSA) is 26.0 Å². The van der Waals surface area contributed by atoms with Crippen LogP contribution in [0.4, 0.5) is 13.2 Å². The van der Waals surface area contributed by atoms with E-state index in [4.69, 9.17) is 5.73 Å². The number of alkyl halides is 3. The second-order valence-electron chi connectivity index (χ2n) is 3.95. The van der Waals surface area contributed by atoms with Gasteiger partial charge >= 0.3 is 6.18 Å². The Morgan fingerprint density at radius 3 is 2.65 bits per heavy atom. The highest BCUT2D eigenvalue weighted by Gasteiger charge is 2.30. The molecule has 1 aromatic carbocycles. The van der Waals surface area contributed by atoms with Crippen LogP contribution in [0.1, 0.15) is 36.4 Å². The van der Waals surface area contributed by atoms with Crippen molar-refractivity contribution in [2.45, 2.75) is 31.5 Å². The van der Waals surface area contributed by atoms with Crippen molar-refractivity contribution in [1.82, 2.24) is 0 Å². The van der Waals surface area contributed by atoms with Gasteiger partial charge in [0.1, 0.15) is 0 Å². The van der Waals surface area contributed by atoms with Crippen LogP contribution in [0.25, 0.3) is 0 Å². The predicted octanol–water partition coefficient (Wildman–Crippen LogP) is 4.06. The first-order valence-electron chi connectivity index (χ1n) is 5.49. The Morgan fingerprint density at radius 1 is 1.35 bits per heavy atom. The zero-order valence-corrected chi connectivity index (χ0v) is 9.50. The van der Waals surface area contributed by atoms with E-state index in [0.717, 1.165) is 25.0 Å². The second kappa shape index (κ2) is 5.87. The molecule has 1 nitrogen and oxygen atoms in total. The molecule has 0 saturated carbocycles. The van der Waals surface area contributed by atoms with Crippen LogP contribution in [0.15, 0.2) is 36.9 Å². The van der Waals surface area contributed by atoms with Gasteiger partial charge in [-0.3, -0.25) is 0 Å². The van der Waals surface area contributed by atoms with Crippen molar-refractivity contribution in [2.24, 2.45) is 5.73 Å². The van der Waals surface area contributed by atoms with Crippen LogP contribution in [0.3, 0.4) is 0 Å². The third-order valence-corrected chi connectivity index (χ3v) is 2.57. The molecule has 0 heterocycles. The number of hydrogen-bond acceptors (Lipinski definition) is 1. The zero-order valence-electron chi connectivity index (χ0n) is 9.50. The summed E-state index contributed by atoms with van der Waals surface area (Å²) in [6.07, 6.45) is -0.212. The first-order valence-corrected chi connectivity index (χ1v) is 5.49. The Bertz CT molecular complexity index is 371. The molecule has 0 amide bonds. The van der Waals surface area contributed by atoms with E-state index in [1.165, 1.54) is 6.07 Å². The van der Waals surface area contributed by atoms with Crippen LogP contribution in [0.5, 0.6) is 0 Å². The summed E-state index contributed by atoms with van der Waals surface area (Å²) < 4.78 is 37.5. The average Bonchev–Trinajstić information content (AvgIpc) is 2.28. The van der Waals surface area contributed by atoms with Crippen LogP contribution in [-0.2, 0) is 6.18 Å². The second-order valence-corrected chi connectivity index (χ2v) is 3.95. The summed E-state index contributed by atoms with van der Waals surface area (Å²) in [7, 11) is 0. The molecule has 0 aromatic heterocycles. The van der Waals surface area contributed by atoms with Gasteiger partial charge in [0.05, 0.1) is 5.56 Å². The van der Waals surface area contributed by atoms with Crippen molar-refractivity contribution < 1.29 is 13.2 Å². The van der Waals surface area contributed by atoms with Crippen LogP contribution >= 0.6 is 0 Å². The molecule has 0 fully saturated rings. The van der Waals surface area contributed by atoms with Crippen molar-refractivity contribution in [3.63, 3.8) is 0 Å². The summed E-state index contributed by atoms with van der Waals surface area (Å²) in [4.78, 5) is 0. The summed E-state index contributed by atoms with van der Waals surface area (Å²) in [5.41, 5.74) is 5.73. The van der Waals surface area contributed by atoms with Gasteiger partial charge in [0, 0.05) is 6.04 Å². The molecular weight excluding hydrogens is 227 g/mol. The van der Waals surface area contributed by atoms with Crippen molar-refractivity contribution in [1.29, 1.82) is 0 Å². The highest BCUT2D eigenvalue weighted by Crippen LogP contribution is 2.31. The van der Waals surface area contributed by atoms with E-state index >= 15 is 0 Å². The maximum Gasteiger partial charge on any atom is 0.416 e. The molecule has 0 saturated heterocycles. The molecule has 1 aromatic rings. The van der Waals surface area contributed by atoms with Gasteiger partial charge in [-0.05, 0) is 37.0 Å². The Hall–Kier alpha value is -1.29. The number of nitrogens with two attached hydrogens (primary N) is 1. The molecule has 2 N–H and O–H groups in total. The Balaban J connectivity index is 2.74. The molecule has 0 unspecified atom stereocenters. The van der Waals surface area contributed by atoms with Crippen LogP contribution in [0.2, 0.25) is 0 Å². The molecule has 0 spiro atoms. The molecule has 0 radical (unpaired) electrons. The van der Waals surface area contributed by atoms with E-state index < -0.39 is 11.7 Å². The third-order valence-electron chi connectivity index (χ3n) is 2.57. The standard InChI is InChI=1S/C13H16F3N/c1-2-3-4-8-12(17)10-6-5-7-11(9-10)13(14,15)16/h2,5-7,9,12H,1,3-4,8,17H2/t12-/m0/s1. The molecule has 0 bridgehead atoms. The van der Waals surface area contributed by atoms with Gasteiger partial charge in [0.15, 0.2) is 0 Å². The smallest absolute Gasteiger partial charge is 0.324 e. The lowest BCUT2D eigenvalue weighted by Gasteiger charge is -2.14. The molecule has 0 aliphatic rings. The monoisotopic (exact) mass is 243 g/mol. The van der Waals surface area contributed by atoms with Crippen LogP contribution < -0.4 is 5.73 Å². The van der Waals surface area contributed by atoms with E-state index in [-0.39, 0.29) is 6.04 Å². The fraction of sp³-hybridized carbons (Fsp3) is 0.385. The minimum atomic E-state index is -4.31. The summed E-state index contributed by atoms with van der Waals surface area (Å²) in [5, 5.41) is 0. The van der Waals surface area contributed by atoms with E-state index in [1.807, 2.05) is 0 Å².